The van der Waals surface area contributed by atoms with Gasteiger partial charge in [-0.25, -0.2) is 0 Å². The predicted octanol–water partition coefficient (Wildman–Crippen LogP) is 2.52. The van der Waals surface area contributed by atoms with E-state index in [9.17, 15) is 4.79 Å². The molecule has 0 amide bonds. The molecule has 2 saturated carbocycles. The number of carbonyl (C=O) groups is 1. The molecule has 0 radical (unpaired) electrons. The average Bonchev–Trinajstić information content (AvgIpc) is 2.34. The minimum atomic E-state index is 0.165. The van der Waals surface area contributed by atoms with Gasteiger partial charge >= 0.3 is 88.2 Å². The second-order valence-corrected chi connectivity index (χ2v) is 6.00. The molecule has 0 heterocycles. The Kier molecular flexibility index (Phi) is 1.95. The van der Waals surface area contributed by atoms with Gasteiger partial charge in [0, 0.05) is 0 Å². The molecule has 0 aromatic rings. The number of fused-ring (bicyclic) bond motifs is 2. The van der Waals surface area contributed by atoms with E-state index in [1.54, 1.807) is 0 Å². The summed E-state index contributed by atoms with van der Waals surface area (Å²) in [5.41, 5.74) is 0.585. The van der Waals surface area contributed by atoms with E-state index in [-0.39, 0.29) is 16.0 Å². The van der Waals surface area contributed by atoms with Crippen LogP contribution in [0.4, 0.5) is 0 Å². The van der Waals surface area contributed by atoms with Crippen molar-refractivity contribution >= 4 is 4.68 Å². The fraction of sp³-hybridized carbons (Fsp3) is 0.909. The molecule has 2 bridgehead atoms. The van der Waals surface area contributed by atoms with Crippen LogP contribution >= 0.6 is 0 Å². The maximum absolute atomic E-state index is 11.4. The third-order valence-corrected chi connectivity index (χ3v) is 5.44. The zero-order chi connectivity index (χ0) is 9.85. The van der Waals surface area contributed by atoms with Crippen molar-refractivity contribution in [2.45, 2.75) is 40.0 Å². The number of hydrogen-bond acceptors (Lipinski definition) is 1. The Labute approximate surface area is 88.5 Å². The van der Waals surface area contributed by atoms with Crippen molar-refractivity contribution in [2.24, 2.45) is 22.7 Å². The van der Waals surface area contributed by atoms with Crippen LogP contribution in [0.15, 0.2) is 0 Å². The molecule has 0 aromatic carbocycles. The minimum absolute atomic E-state index is 0.165. The van der Waals surface area contributed by atoms with Crippen LogP contribution in [0.1, 0.15) is 40.0 Å². The standard InChI is InChI=1S/C11H17O.Fe/c1-10(2)8-4-5-11(10,3)9(6-8)7-12;/h8-9H,4-6H2,1-3H3;. The zero-order valence-electron chi connectivity index (χ0n) is 8.54. The number of hydrogen-bond donors (Lipinski definition) is 0. The van der Waals surface area contributed by atoms with E-state index in [0.717, 1.165) is 12.3 Å². The van der Waals surface area contributed by atoms with Gasteiger partial charge in [-0.2, -0.15) is 0 Å². The Morgan fingerprint density at radius 2 is 2.00 bits per heavy atom. The molecule has 0 N–H and O–H groups in total. The van der Waals surface area contributed by atoms with E-state index in [2.05, 4.69) is 36.8 Å². The number of rotatable bonds is 1. The van der Waals surface area contributed by atoms with E-state index in [0.29, 0.717) is 5.41 Å². The summed E-state index contributed by atoms with van der Waals surface area (Å²) in [6.07, 6.45) is 3.62. The van der Waals surface area contributed by atoms with Crippen LogP contribution in [0.5, 0.6) is 0 Å². The Morgan fingerprint density at radius 3 is 2.23 bits per heavy atom. The van der Waals surface area contributed by atoms with Crippen LogP contribution in [0.3, 0.4) is 0 Å². The third-order valence-electron chi connectivity index (χ3n) is 5.06. The maximum atomic E-state index is 11.4. The molecular weight excluding hydrogens is 204 g/mol. The van der Waals surface area contributed by atoms with Crippen molar-refractivity contribution in [2.75, 3.05) is 0 Å². The van der Waals surface area contributed by atoms with Crippen LogP contribution in [-0.4, -0.2) is 4.68 Å². The SMILES string of the molecule is CC1(C)C2CCC1(C)C([C](=O)[Fe])C2. The van der Waals surface area contributed by atoms with Crippen molar-refractivity contribution in [1.82, 2.24) is 0 Å². The molecule has 13 heavy (non-hydrogen) atoms. The molecule has 0 aliphatic heterocycles. The topological polar surface area (TPSA) is 17.1 Å². The third kappa shape index (κ3) is 1.02. The summed E-state index contributed by atoms with van der Waals surface area (Å²) in [6, 6.07) is 0. The summed E-state index contributed by atoms with van der Waals surface area (Å²) in [6.45, 7) is 6.94. The number of carbonyl (C=O) groups excluding carboxylic acids is 1. The quantitative estimate of drug-likeness (QED) is 0.622. The second kappa shape index (κ2) is 2.61. The van der Waals surface area contributed by atoms with Gasteiger partial charge in [-0.15, -0.1) is 0 Å². The first-order chi connectivity index (χ1) is 5.89. The van der Waals surface area contributed by atoms with Crippen molar-refractivity contribution in [3.8, 4) is 0 Å². The van der Waals surface area contributed by atoms with Crippen molar-refractivity contribution in [1.29, 1.82) is 0 Å². The second-order valence-electron chi connectivity index (χ2n) is 5.46. The summed E-state index contributed by atoms with van der Waals surface area (Å²) in [4.78, 5) is 11.4. The molecule has 3 unspecified atom stereocenters. The Hall–Kier alpha value is 0.189. The van der Waals surface area contributed by atoms with E-state index < -0.39 is 0 Å². The van der Waals surface area contributed by atoms with Gasteiger partial charge in [-0.05, 0) is 0 Å². The first-order valence-electron chi connectivity index (χ1n) is 5.08. The molecule has 2 aliphatic carbocycles. The molecule has 2 aliphatic rings. The van der Waals surface area contributed by atoms with Crippen LogP contribution in [0, 0.1) is 22.7 Å². The van der Waals surface area contributed by atoms with Crippen LogP contribution < -0.4 is 0 Å². The molecule has 1 nitrogen and oxygen atoms in total. The van der Waals surface area contributed by atoms with Gasteiger partial charge in [0.15, 0.2) is 0 Å². The van der Waals surface area contributed by atoms with Gasteiger partial charge in [0.25, 0.3) is 0 Å². The first kappa shape index (κ1) is 9.73. The summed E-state index contributed by atoms with van der Waals surface area (Å²) in [5, 5.41) is 0. The molecule has 75 valence electrons. The summed E-state index contributed by atoms with van der Waals surface area (Å²) in [5.74, 6) is 0.995. The molecule has 2 heteroatoms. The van der Waals surface area contributed by atoms with Crippen molar-refractivity contribution in [3.05, 3.63) is 0 Å². The fourth-order valence-electron chi connectivity index (χ4n) is 3.54. The normalized spacial score (nSPS) is 46.8. The van der Waals surface area contributed by atoms with E-state index in [1.807, 2.05) is 0 Å². The van der Waals surface area contributed by atoms with Gasteiger partial charge in [0.05, 0.1) is 0 Å². The summed E-state index contributed by atoms with van der Waals surface area (Å²) in [7, 11) is 0. The average molecular weight is 221 g/mol. The molecular formula is C11H17FeO. The van der Waals surface area contributed by atoms with Crippen LogP contribution in [0.25, 0.3) is 0 Å². The van der Waals surface area contributed by atoms with E-state index in [4.69, 9.17) is 0 Å². The Morgan fingerprint density at radius 1 is 1.38 bits per heavy atom. The summed E-state index contributed by atoms with van der Waals surface area (Å²) < 4.78 is 0.165. The van der Waals surface area contributed by atoms with Gasteiger partial charge in [0.2, 0.25) is 0 Å². The Bertz CT molecular complexity index is 259. The van der Waals surface area contributed by atoms with Crippen LogP contribution in [0.2, 0.25) is 0 Å². The van der Waals surface area contributed by atoms with Crippen molar-refractivity contribution < 1.29 is 20.8 Å². The van der Waals surface area contributed by atoms with Gasteiger partial charge < -0.3 is 0 Å². The van der Waals surface area contributed by atoms with Gasteiger partial charge in [-0.1, -0.05) is 0 Å². The molecule has 0 aromatic heterocycles. The van der Waals surface area contributed by atoms with E-state index in [1.165, 1.54) is 12.8 Å². The fourth-order valence-corrected chi connectivity index (χ4v) is 4.02. The zero-order valence-corrected chi connectivity index (χ0v) is 9.64. The predicted molar refractivity (Wildman–Crippen MR) is 47.7 cm³/mol. The van der Waals surface area contributed by atoms with Crippen LogP contribution in [-0.2, 0) is 20.8 Å². The van der Waals surface area contributed by atoms with E-state index >= 15 is 0 Å². The molecule has 2 fully saturated rings. The molecule has 3 atom stereocenters. The first-order valence-corrected chi connectivity index (χ1v) is 5.63. The summed E-state index contributed by atoms with van der Waals surface area (Å²) >= 11 is 3.61. The molecule has 0 spiro atoms. The van der Waals surface area contributed by atoms with Gasteiger partial charge in [0.1, 0.15) is 0 Å². The molecule has 2 rings (SSSR count). The Balaban J connectivity index is 2.38. The molecule has 0 saturated heterocycles. The van der Waals surface area contributed by atoms with Gasteiger partial charge in [-0.3, -0.25) is 0 Å². The monoisotopic (exact) mass is 221 g/mol. The van der Waals surface area contributed by atoms with Crippen molar-refractivity contribution in [3.63, 3.8) is 0 Å².